The molecule has 0 aromatic heterocycles. The molecular formula is C11H19BrO2. The number of carbonyl (C=O) groups is 1. The van der Waals surface area contributed by atoms with Gasteiger partial charge in [0, 0.05) is 5.57 Å². The predicted molar refractivity (Wildman–Crippen MR) is 62.3 cm³/mol. The van der Waals surface area contributed by atoms with Gasteiger partial charge in [0.15, 0.2) is 0 Å². The Hall–Kier alpha value is -0.310. The first kappa shape index (κ1) is 13.7. The molecule has 0 heterocycles. The number of halogens is 1. The van der Waals surface area contributed by atoms with E-state index in [9.17, 15) is 4.79 Å². The summed E-state index contributed by atoms with van der Waals surface area (Å²) in [6.07, 6.45) is 2.65. The van der Waals surface area contributed by atoms with Crippen molar-refractivity contribution in [3.8, 4) is 0 Å². The molecule has 0 spiro atoms. The Labute approximate surface area is 94.8 Å². The molecule has 0 aliphatic heterocycles. The van der Waals surface area contributed by atoms with Gasteiger partial charge in [0.1, 0.15) is 0 Å². The Morgan fingerprint density at radius 2 is 2.14 bits per heavy atom. The number of rotatable bonds is 6. The third-order valence-electron chi connectivity index (χ3n) is 1.84. The van der Waals surface area contributed by atoms with Crippen LogP contribution in [0.2, 0.25) is 0 Å². The summed E-state index contributed by atoms with van der Waals surface area (Å²) in [5.41, 5.74) is 0.719. The first-order valence-corrected chi connectivity index (χ1v) is 5.99. The van der Waals surface area contributed by atoms with Crippen molar-refractivity contribution < 1.29 is 9.53 Å². The Kier molecular flexibility index (Phi) is 7.86. The molecular weight excluding hydrogens is 244 g/mol. The van der Waals surface area contributed by atoms with E-state index >= 15 is 0 Å². The van der Waals surface area contributed by atoms with E-state index in [1.54, 1.807) is 4.99 Å². The van der Waals surface area contributed by atoms with E-state index < -0.39 is 0 Å². The summed E-state index contributed by atoms with van der Waals surface area (Å²) in [4.78, 5) is 13.1. The molecule has 82 valence electrons. The topological polar surface area (TPSA) is 26.3 Å². The van der Waals surface area contributed by atoms with E-state index in [0.717, 1.165) is 24.8 Å². The molecule has 0 fully saturated rings. The van der Waals surface area contributed by atoms with E-state index in [4.69, 9.17) is 4.74 Å². The zero-order valence-corrected chi connectivity index (χ0v) is 10.8. The van der Waals surface area contributed by atoms with Crippen LogP contribution in [0.3, 0.4) is 0 Å². The van der Waals surface area contributed by atoms with Gasteiger partial charge in [0.05, 0.1) is 6.61 Å². The fraction of sp³-hybridized carbons (Fsp3) is 0.727. The molecule has 0 aliphatic carbocycles. The molecule has 0 unspecified atom stereocenters. The average molecular weight is 263 g/mol. The summed E-state index contributed by atoms with van der Waals surface area (Å²) in [5, 5.41) is 0. The molecule has 0 aromatic rings. The highest BCUT2D eigenvalue weighted by molar-refractivity contribution is 9.11. The highest BCUT2D eigenvalue weighted by Crippen LogP contribution is 2.10. The van der Waals surface area contributed by atoms with Gasteiger partial charge in [-0.15, -0.1) is 0 Å². The summed E-state index contributed by atoms with van der Waals surface area (Å²) in [6, 6.07) is 0. The van der Waals surface area contributed by atoms with Crippen molar-refractivity contribution in [2.24, 2.45) is 5.92 Å². The van der Waals surface area contributed by atoms with E-state index in [2.05, 4.69) is 29.8 Å². The quantitative estimate of drug-likeness (QED) is 0.540. The summed E-state index contributed by atoms with van der Waals surface area (Å²) in [7, 11) is 0. The number of carbonyl (C=O) groups excluding carboxylic acids is 1. The maximum absolute atomic E-state index is 11.4. The number of hydrogen-bond donors (Lipinski definition) is 0. The molecule has 0 bridgehead atoms. The van der Waals surface area contributed by atoms with Crippen LogP contribution in [0, 0.1) is 5.92 Å². The summed E-state index contributed by atoms with van der Waals surface area (Å²) in [5.74, 6) is 0.384. The first-order chi connectivity index (χ1) is 6.61. The van der Waals surface area contributed by atoms with Crippen LogP contribution in [0.5, 0.6) is 0 Å². The van der Waals surface area contributed by atoms with Crippen molar-refractivity contribution in [1.82, 2.24) is 0 Å². The summed E-state index contributed by atoms with van der Waals surface area (Å²) in [6.45, 7) is 6.78. The van der Waals surface area contributed by atoms with Gasteiger partial charge in [-0.1, -0.05) is 43.1 Å². The Balaban J connectivity index is 3.82. The van der Waals surface area contributed by atoms with Crippen molar-refractivity contribution in [3.63, 3.8) is 0 Å². The molecule has 0 amide bonds. The van der Waals surface area contributed by atoms with Gasteiger partial charge in [-0.05, 0) is 23.7 Å². The fourth-order valence-corrected chi connectivity index (χ4v) is 1.37. The summed E-state index contributed by atoms with van der Waals surface area (Å²) >= 11 is 3.18. The molecule has 0 atom stereocenters. The first-order valence-electron chi connectivity index (χ1n) is 5.08. The number of hydrogen-bond acceptors (Lipinski definition) is 2. The van der Waals surface area contributed by atoms with E-state index in [-0.39, 0.29) is 5.97 Å². The zero-order valence-electron chi connectivity index (χ0n) is 9.18. The molecule has 0 aliphatic rings. The second kappa shape index (κ2) is 8.04. The Morgan fingerprint density at radius 1 is 1.50 bits per heavy atom. The molecule has 0 N–H and O–H groups in total. The van der Waals surface area contributed by atoms with Crippen molar-refractivity contribution in [1.29, 1.82) is 0 Å². The lowest BCUT2D eigenvalue weighted by Crippen LogP contribution is -2.10. The van der Waals surface area contributed by atoms with Gasteiger partial charge >= 0.3 is 5.97 Å². The smallest absolute Gasteiger partial charge is 0.334 e. The van der Waals surface area contributed by atoms with Crippen LogP contribution in [-0.4, -0.2) is 12.6 Å². The second-order valence-electron chi connectivity index (χ2n) is 3.70. The normalized spacial score (nSPS) is 11.9. The SMILES string of the molecule is CCC/C(=C/Br)C(=O)OCCC(C)C. The number of ether oxygens (including phenoxy) is 1. The highest BCUT2D eigenvalue weighted by atomic mass is 79.9. The van der Waals surface area contributed by atoms with Crippen LogP contribution in [0.4, 0.5) is 0 Å². The highest BCUT2D eigenvalue weighted by Gasteiger charge is 2.09. The lowest BCUT2D eigenvalue weighted by Gasteiger charge is -2.08. The van der Waals surface area contributed by atoms with E-state index in [1.807, 2.05) is 6.92 Å². The third kappa shape index (κ3) is 6.19. The minimum absolute atomic E-state index is 0.190. The Morgan fingerprint density at radius 3 is 2.57 bits per heavy atom. The molecule has 3 heteroatoms. The van der Waals surface area contributed by atoms with Gasteiger partial charge < -0.3 is 4.74 Å². The van der Waals surface area contributed by atoms with Crippen molar-refractivity contribution in [2.75, 3.05) is 6.61 Å². The number of esters is 1. The van der Waals surface area contributed by atoms with Gasteiger partial charge in [-0.25, -0.2) is 4.79 Å². The van der Waals surface area contributed by atoms with E-state index in [1.165, 1.54) is 0 Å². The van der Waals surface area contributed by atoms with E-state index in [0.29, 0.717) is 12.5 Å². The summed E-state index contributed by atoms with van der Waals surface area (Å²) < 4.78 is 5.12. The molecule has 14 heavy (non-hydrogen) atoms. The lowest BCUT2D eigenvalue weighted by molar-refractivity contribution is -0.139. The average Bonchev–Trinajstić information content (AvgIpc) is 2.13. The maximum atomic E-state index is 11.4. The van der Waals surface area contributed by atoms with Crippen LogP contribution >= 0.6 is 15.9 Å². The minimum atomic E-state index is -0.190. The van der Waals surface area contributed by atoms with Gasteiger partial charge in [-0.2, -0.15) is 0 Å². The van der Waals surface area contributed by atoms with Crippen LogP contribution < -0.4 is 0 Å². The maximum Gasteiger partial charge on any atom is 0.334 e. The third-order valence-corrected chi connectivity index (χ3v) is 2.39. The molecule has 0 saturated heterocycles. The van der Waals surface area contributed by atoms with Crippen molar-refractivity contribution >= 4 is 21.9 Å². The van der Waals surface area contributed by atoms with Crippen LogP contribution in [0.1, 0.15) is 40.0 Å². The standard InChI is InChI=1S/C11H19BrO2/c1-4-5-10(8-12)11(13)14-7-6-9(2)3/h8-9H,4-7H2,1-3H3/b10-8-. The second-order valence-corrected chi connectivity index (χ2v) is 4.16. The monoisotopic (exact) mass is 262 g/mol. The molecule has 0 saturated carbocycles. The molecule has 0 aromatic carbocycles. The minimum Gasteiger partial charge on any atom is -0.462 e. The van der Waals surface area contributed by atoms with Crippen molar-refractivity contribution in [3.05, 3.63) is 10.6 Å². The van der Waals surface area contributed by atoms with Crippen LogP contribution in [0.25, 0.3) is 0 Å². The van der Waals surface area contributed by atoms with Gasteiger partial charge in [0.25, 0.3) is 0 Å². The van der Waals surface area contributed by atoms with Crippen LogP contribution in [0.15, 0.2) is 10.6 Å². The van der Waals surface area contributed by atoms with Crippen LogP contribution in [-0.2, 0) is 9.53 Å². The largest absolute Gasteiger partial charge is 0.462 e. The molecule has 2 nitrogen and oxygen atoms in total. The molecule has 0 radical (unpaired) electrons. The molecule has 0 rings (SSSR count). The Bertz CT molecular complexity index is 197. The van der Waals surface area contributed by atoms with Crippen molar-refractivity contribution in [2.45, 2.75) is 40.0 Å². The zero-order chi connectivity index (χ0) is 11.0. The lowest BCUT2D eigenvalue weighted by atomic mass is 10.1. The van der Waals surface area contributed by atoms with Gasteiger partial charge in [-0.3, -0.25) is 0 Å². The predicted octanol–water partition coefficient (Wildman–Crippen LogP) is 3.65. The van der Waals surface area contributed by atoms with Gasteiger partial charge in [0.2, 0.25) is 0 Å². The fourth-order valence-electron chi connectivity index (χ4n) is 0.951.